The van der Waals surface area contributed by atoms with E-state index in [1.165, 1.54) is 12.0 Å². The van der Waals surface area contributed by atoms with E-state index in [2.05, 4.69) is 50.1 Å². The maximum absolute atomic E-state index is 5.92. The zero-order valence-electron chi connectivity index (χ0n) is 7.84. The Morgan fingerprint density at radius 1 is 1.07 bits per heavy atom. The van der Waals surface area contributed by atoms with Gasteiger partial charge in [-0.3, -0.25) is 0 Å². The maximum Gasteiger partial charge on any atom is 0.0189 e. The summed E-state index contributed by atoms with van der Waals surface area (Å²) in [5, 5.41) is 0. The Morgan fingerprint density at radius 2 is 1.71 bits per heavy atom. The summed E-state index contributed by atoms with van der Waals surface area (Å²) in [6, 6.07) is 6.87. The van der Waals surface area contributed by atoms with Crippen LogP contribution in [0.25, 0.3) is 0 Å². The first-order chi connectivity index (χ1) is 6.65. The first kappa shape index (κ1) is 10.7. The molecule has 0 bridgehead atoms. The minimum Gasteiger partial charge on any atom is -0.328 e. The molecule has 2 N–H and O–H groups in total. The number of hydrogen-bond donors (Lipinski definition) is 1. The standard InChI is InChI=1S/C11H13Br2N/c12-9-3-8(4-10(13)6-9)7-1-2-11(14)5-7/h3-4,6-7,11H,1-2,5,14H2. The van der Waals surface area contributed by atoms with Crippen molar-refractivity contribution in [3.63, 3.8) is 0 Å². The SMILES string of the molecule is NC1CCC(c2cc(Br)cc(Br)c2)C1. The average molecular weight is 319 g/mol. The Hall–Kier alpha value is 0.140. The van der Waals surface area contributed by atoms with Gasteiger partial charge >= 0.3 is 0 Å². The van der Waals surface area contributed by atoms with Crippen LogP contribution in [-0.4, -0.2) is 6.04 Å². The Bertz CT molecular complexity index is 318. The predicted molar refractivity (Wildman–Crippen MR) is 66.4 cm³/mol. The number of halogens is 2. The fraction of sp³-hybridized carbons (Fsp3) is 0.455. The Balaban J connectivity index is 2.23. The molecule has 1 aliphatic rings. The lowest BCUT2D eigenvalue weighted by atomic mass is 9.98. The first-order valence-corrected chi connectivity index (χ1v) is 6.45. The van der Waals surface area contributed by atoms with Crippen molar-refractivity contribution < 1.29 is 0 Å². The molecule has 0 saturated heterocycles. The molecule has 14 heavy (non-hydrogen) atoms. The molecule has 0 spiro atoms. The van der Waals surface area contributed by atoms with Gasteiger partial charge in [0.1, 0.15) is 0 Å². The van der Waals surface area contributed by atoms with Crippen molar-refractivity contribution >= 4 is 31.9 Å². The third-order valence-electron chi connectivity index (χ3n) is 2.83. The summed E-state index contributed by atoms with van der Waals surface area (Å²) in [7, 11) is 0. The minimum atomic E-state index is 0.401. The molecular weight excluding hydrogens is 306 g/mol. The lowest BCUT2D eigenvalue weighted by Gasteiger charge is -2.10. The number of nitrogens with two attached hydrogens (primary N) is 1. The summed E-state index contributed by atoms with van der Waals surface area (Å²) in [4.78, 5) is 0. The van der Waals surface area contributed by atoms with Crippen molar-refractivity contribution in [3.8, 4) is 0 Å². The third-order valence-corrected chi connectivity index (χ3v) is 3.75. The summed E-state index contributed by atoms with van der Waals surface area (Å²) in [5.74, 6) is 0.652. The van der Waals surface area contributed by atoms with Crippen LogP contribution in [0.3, 0.4) is 0 Å². The number of benzene rings is 1. The molecule has 0 aromatic heterocycles. The van der Waals surface area contributed by atoms with E-state index in [9.17, 15) is 0 Å². The Labute approximate surface area is 101 Å². The van der Waals surface area contributed by atoms with Gasteiger partial charge in [0.15, 0.2) is 0 Å². The molecule has 0 amide bonds. The molecule has 1 aliphatic carbocycles. The largest absolute Gasteiger partial charge is 0.328 e. The van der Waals surface area contributed by atoms with Crippen LogP contribution in [-0.2, 0) is 0 Å². The first-order valence-electron chi connectivity index (χ1n) is 4.87. The second kappa shape index (κ2) is 4.33. The summed E-state index contributed by atoms with van der Waals surface area (Å²) in [6.45, 7) is 0. The van der Waals surface area contributed by atoms with Gasteiger partial charge in [-0.2, -0.15) is 0 Å². The topological polar surface area (TPSA) is 26.0 Å². The highest BCUT2D eigenvalue weighted by Crippen LogP contribution is 2.35. The van der Waals surface area contributed by atoms with Gasteiger partial charge in [0, 0.05) is 15.0 Å². The van der Waals surface area contributed by atoms with Gasteiger partial charge in [-0.05, 0) is 48.9 Å². The highest BCUT2D eigenvalue weighted by atomic mass is 79.9. The third kappa shape index (κ3) is 2.38. The van der Waals surface area contributed by atoms with E-state index in [0.29, 0.717) is 12.0 Å². The molecule has 1 aromatic rings. The predicted octanol–water partition coefficient (Wildman–Crippen LogP) is 3.81. The van der Waals surface area contributed by atoms with Gasteiger partial charge in [-0.25, -0.2) is 0 Å². The van der Waals surface area contributed by atoms with Crippen LogP contribution >= 0.6 is 31.9 Å². The molecule has 1 fully saturated rings. The van der Waals surface area contributed by atoms with Gasteiger partial charge < -0.3 is 5.73 Å². The second-order valence-corrected chi connectivity index (χ2v) is 5.80. The van der Waals surface area contributed by atoms with E-state index in [1.54, 1.807) is 0 Å². The van der Waals surface area contributed by atoms with Crippen LogP contribution in [0.4, 0.5) is 0 Å². The fourth-order valence-corrected chi connectivity index (χ4v) is 3.46. The molecule has 76 valence electrons. The molecule has 2 atom stereocenters. The van der Waals surface area contributed by atoms with Crippen LogP contribution in [0.2, 0.25) is 0 Å². The Kier molecular flexibility index (Phi) is 3.30. The maximum atomic E-state index is 5.92. The van der Waals surface area contributed by atoms with E-state index in [0.717, 1.165) is 21.8 Å². The van der Waals surface area contributed by atoms with Crippen LogP contribution in [0.15, 0.2) is 27.1 Å². The van der Waals surface area contributed by atoms with Crippen molar-refractivity contribution in [1.29, 1.82) is 0 Å². The highest BCUT2D eigenvalue weighted by Gasteiger charge is 2.23. The molecular formula is C11H13Br2N. The van der Waals surface area contributed by atoms with Gasteiger partial charge in [0.05, 0.1) is 0 Å². The summed E-state index contributed by atoms with van der Waals surface area (Å²) >= 11 is 7.03. The van der Waals surface area contributed by atoms with Crippen LogP contribution < -0.4 is 5.73 Å². The van der Waals surface area contributed by atoms with E-state index in [-0.39, 0.29) is 0 Å². The lowest BCUT2D eigenvalue weighted by Crippen LogP contribution is -2.14. The molecule has 0 radical (unpaired) electrons. The average Bonchev–Trinajstić information content (AvgIpc) is 2.50. The van der Waals surface area contributed by atoms with Crippen LogP contribution in [0.1, 0.15) is 30.7 Å². The molecule has 0 heterocycles. The zero-order chi connectivity index (χ0) is 10.1. The molecule has 3 heteroatoms. The summed E-state index contributed by atoms with van der Waals surface area (Å²) in [6.07, 6.45) is 3.52. The van der Waals surface area contributed by atoms with Crippen molar-refractivity contribution in [2.24, 2.45) is 5.73 Å². The smallest absolute Gasteiger partial charge is 0.0189 e. The van der Waals surface area contributed by atoms with Crippen molar-refractivity contribution in [3.05, 3.63) is 32.7 Å². The van der Waals surface area contributed by atoms with E-state index in [4.69, 9.17) is 5.73 Å². The molecule has 2 unspecified atom stereocenters. The molecule has 1 saturated carbocycles. The van der Waals surface area contributed by atoms with E-state index in [1.807, 2.05) is 0 Å². The summed E-state index contributed by atoms with van der Waals surface area (Å²) < 4.78 is 2.28. The van der Waals surface area contributed by atoms with Crippen molar-refractivity contribution in [1.82, 2.24) is 0 Å². The molecule has 0 aliphatic heterocycles. The van der Waals surface area contributed by atoms with Crippen molar-refractivity contribution in [2.75, 3.05) is 0 Å². The van der Waals surface area contributed by atoms with Gasteiger partial charge in [0.25, 0.3) is 0 Å². The highest BCUT2D eigenvalue weighted by molar-refractivity contribution is 9.11. The molecule has 1 aromatic carbocycles. The van der Waals surface area contributed by atoms with Gasteiger partial charge in [-0.1, -0.05) is 31.9 Å². The minimum absolute atomic E-state index is 0.401. The number of hydrogen-bond acceptors (Lipinski definition) is 1. The Morgan fingerprint density at radius 3 is 2.21 bits per heavy atom. The van der Waals surface area contributed by atoms with E-state index < -0.39 is 0 Å². The number of rotatable bonds is 1. The van der Waals surface area contributed by atoms with Crippen LogP contribution in [0, 0.1) is 0 Å². The van der Waals surface area contributed by atoms with Crippen molar-refractivity contribution in [2.45, 2.75) is 31.2 Å². The second-order valence-electron chi connectivity index (χ2n) is 3.97. The quantitative estimate of drug-likeness (QED) is 0.837. The molecule has 2 rings (SSSR count). The van der Waals surface area contributed by atoms with Gasteiger partial charge in [-0.15, -0.1) is 0 Å². The lowest BCUT2D eigenvalue weighted by molar-refractivity contribution is 0.674. The normalized spacial score (nSPS) is 26.8. The fourth-order valence-electron chi connectivity index (χ4n) is 2.13. The zero-order valence-corrected chi connectivity index (χ0v) is 11.0. The summed E-state index contributed by atoms with van der Waals surface area (Å²) in [5.41, 5.74) is 7.32. The monoisotopic (exact) mass is 317 g/mol. The van der Waals surface area contributed by atoms with E-state index >= 15 is 0 Å². The van der Waals surface area contributed by atoms with Crippen LogP contribution in [0.5, 0.6) is 0 Å². The van der Waals surface area contributed by atoms with Gasteiger partial charge in [0.2, 0.25) is 0 Å². The molecule has 1 nitrogen and oxygen atoms in total.